The van der Waals surface area contributed by atoms with Gasteiger partial charge in [-0.15, -0.1) is 0 Å². The van der Waals surface area contributed by atoms with Crippen LogP contribution in [0.3, 0.4) is 0 Å². The van der Waals surface area contributed by atoms with Crippen molar-refractivity contribution in [3.05, 3.63) is 0 Å². The quantitative estimate of drug-likeness (QED) is 0.748. The highest BCUT2D eigenvalue weighted by atomic mass is 79.9. The average molecular weight is 267 g/mol. The summed E-state index contributed by atoms with van der Waals surface area (Å²) in [6.07, 6.45) is 2.61. The number of hydrogen-bond donors (Lipinski definition) is 0. The minimum absolute atomic E-state index is 0.156. The van der Waals surface area contributed by atoms with Crippen molar-refractivity contribution in [3.63, 3.8) is 0 Å². The van der Waals surface area contributed by atoms with E-state index in [4.69, 9.17) is 0 Å². The van der Waals surface area contributed by atoms with E-state index in [1.165, 1.54) is 24.3 Å². The minimum atomic E-state index is -0.723. The van der Waals surface area contributed by atoms with E-state index in [1.807, 2.05) is 20.8 Å². The molecule has 1 heterocycles. The molecule has 78 valence electrons. The fraction of sp³-hybridized carbons (Fsp3) is 0.900. The third-order valence-electron chi connectivity index (χ3n) is 2.50. The molecule has 0 amide bonds. The summed E-state index contributed by atoms with van der Waals surface area (Å²) in [6.45, 7) is 6.04. The van der Waals surface area contributed by atoms with E-state index in [0.717, 1.165) is 5.75 Å². The standard InChI is InChI=1S/C10H19BrOS/c1-10(2,3)9(12)8-13(11)6-4-5-7-13/h4-8H2,1-3H3. The highest BCUT2D eigenvalue weighted by molar-refractivity contribution is 9.58. The number of hydrogen-bond acceptors (Lipinski definition) is 1. The molecule has 0 bridgehead atoms. The summed E-state index contributed by atoms with van der Waals surface area (Å²) in [5.74, 6) is 3.70. The summed E-state index contributed by atoms with van der Waals surface area (Å²) in [4.78, 5) is 11.8. The molecule has 1 nitrogen and oxygen atoms in total. The summed E-state index contributed by atoms with van der Waals surface area (Å²) in [5.41, 5.74) is -0.156. The first-order chi connectivity index (χ1) is 5.83. The molecule has 0 radical (unpaired) electrons. The second kappa shape index (κ2) is 3.93. The molecule has 1 aliphatic heterocycles. The van der Waals surface area contributed by atoms with Gasteiger partial charge in [0.15, 0.2) is 0 Å². The Morgan fingerprint density at radius 2 is 1.77 bits per heavy atom. The summed E-state index contributed by atoms with van der Waals surface area (Å²) < 4.78 is 0. The van der Waals surface area contributed by atoms with Crippen molar-refractivity contribution in [2.75, 3.05) is 17.3 Å². The van der Waals surface area contributed by atoms with E-state index in [-0.39, 0.29) is 5.41 Å². The lowest BCUT2D eigenvalue weighted by Gasteiger charge is -2.30. The van der Waals surface area contributed by atoms with Crippen molar-refractivity contribution in [2.45, 2.75) is 33.6 Å². The first kappa shape index (κ1) is 11.6. The van der Waals surface area contributed by atoms with Gasteiger partial charge in [0.25, 0.3) is 0 Å². The van der Waals surface area contributed by atoms with Gasteiger partial charge >= 0.3 is 0 Å². The Labute approximate surface area is 90.2 Å². The van der Waals surface area contributed by atoms with Crippen LogP contribution >= 0.6 is 23.3 Å². The molecule has 0 aromatic heterocycles. The van der Waals surface area contributed by atoms with Gasteiger partial charge in [0, 0.05) is 11.2 Å². The van der Waals surface area contributed by atoms with Crippen molar-refractivity contribution in [1.82, 2.24) is 0 Å². The number of Topliss-reactive ketones (excluding diaryl/α,β-unsaturated/α-hetero) is 1. The fourth-order valence-electron chi connectivity index (χ4n) is 1.42. The monoisotopic (exact) mass is 266 g/mol. The van der Waals surface area contributed by atoms with Gasteiger partial charge in [0.05, 0.1) is 0 Å². The molecule has 1 fully saturated rings. The van der Waals surface area contributed by atoms with Crippen LogP contribution < -0.4 is 0 Å². The second-order valence-electron chi connectivity index (χ2n) is 4.87. The maximum absolute atomic E-state index is 11.8. The van der Waals surface area contributed by atoms with Gasteiger partial charge in [-0.3, -0.25) is 4.79 Å². The molecule has 0 unspecified atom stereocenters. The predicted octanol–water partition coefficient (Wildman–Crippen LogP) is 3.51. The van der Waals surface area contributed by atoms with Gasteiger partial charge in [0.1, 0.15) is 5.78 Å². The van der Waals surface area contributed by atoms with Gasteiger partial charge in [-0.1, -0.05) is 20.8 Å². The molecular weight excluding hydrogens is 248 g/mol. The lowest BCUT2D eigenvalue weighted by molar-refractivity contribution is -0.123. The van der Waals surface area contributed by atoms with Crippen molar-refractivity contribution in [1.29, 1.82) is 0 Å². The van der Waals surface area contributed by atoms with E-state index in [2.05, 4.69) is 14.8 Å². The first-order valence-electron chi connectivity index (χ1n) is 4.83. The summed E-state index contributed by atoms with van der Waals surface area (Å²) in [5, 5.41) is 0. The minimum Gasteiger partial charge on any atom is -0.298 e. The topological polar surface area (TPSA) is 17.1 Å². The van der Waals surface area contributed by atoms with E-state index in [9.17, 15) is 4.79 Å². The van der Waals surface area contributed by atoms with Crippen LogP contribution in [0.5, 0.6) is 0 Å². The molecule has 0 aromatic rings. The molecule has 0 aromatic carbocycles. The van der Waals surface area contributed by atoms with Crippen LogP contribution in [0.1, 0.15) is 33.6 Å². The van der Waals surface area contributed by atoms with Crippen LogP contribution in [-0.4, -0.2) is 23.0 Å². The normalized spacial score (nSPS) is 24.3. The number of carbonyl (C=O) groups excluding carboxylic acids is 1. The fourth-order valence-corrected chi connectivity index (χ4v) is 6.26. The van der Waals surface area contributed by atoms with Gasteiger partial charge in [-0.2, -0.15) is 8.46 Å². The molecule has 3 heteroatoms. The summed E-state index contributed by atoms with van der Waals surface area (Å²) >= 11 is 3.80. The van der Waals surface area contributed by atoms with Gasteiger partial charge in [-0.05, 0) is 39.2 Å². The SMILES string of the molecule is CC(C)(C)C(=O)CS1(Br)CCCC1. The lowest BCUT2D eigenvalue weighted by Crippen LogP contribution is -2.25. The Morgan fingerprint density at radius 1 is 1.31 bits per heavy atom. The largest absolute Gasteiger partial charge is 0.298 e. The van der Waals surface area contributed by atoms with E-state index in [0.29, 0.717) is 5.78 Å². The molecule has 0 aliphatic carbocycles. The van der Waals surface area contributed by atoms with Crippen LogP contribution in [0, 0.1) is 5.41 Å². The highest BCUT2D eigenvalue weighted by Gasteiger charge is 2.32. The average Bonchev–Trinajstić information content (AvgIpc) is 2.33. The van der Waals surface area contributed by atoms with Crippen LogP contribution in [0.25, 0.3) is 0 Å². The number of ketones is 1. The Bertz CT molecular complexity index is 201. The predicted molar refractivity (Wildman–Crippen MR) is 64.8 cm³/mol. The maximum atomic E-state index is 11.8. The van der Waals surface area contributed by atoms with Crippen LogP contribution in [0.4, 0.5) is 0 Å². The molecule has 0 atom stereocenters. The third-order valence-corrected chi connectivity index (χ3v) is 7.95. The Kier molecular flexibility index (Phi) is 3.50. The van der Waals surface area contributed by atoms with Crippen molar-refractivity contribution >= 4 is 29.1 Å². The Morgan fingerprint density at radius 3 is 2.15 bits per heavy atom. The molecule has 0 spiro atoms. The zero-order valence-electron chi connectivity index (χ0n) is 8.73. The van der Waals surface area contributed by atoms with Gasteiger partial charge in [-0.25, -0.2) is 0 Å². The second-order valence-corrected chi connectivity index (χ2v) is 12.0. The van der Waals surface area contributed by atoms with Gasteiger partial charge < -0.3 is 0 Å². The van der Waals surface area contributed by atoms with Crippen LogP contribution in [0.2, 0.25) is 0 Å². The van der Waals surface area contributed by atoms with Crippen LogP contribution in [-0.2, 0) is 4.79 Å². The molecule has 1 saturated heterocycles. The maximum Gasteiger partial charge on any atom is 0.147 e. The van der Waals surface area contributed by atoms with Crippen LogP contribution in [0.15, 0.2) is 0 Å². The summed E-state index contributed by atoms with van der Waals surface area (Å²) in [7, 11) is -0.723. The summed E-state index contributed by atoms with van der Waals surface area (Å²) in [6, 6.07) is 0. The lowest BCUT2D eigenvalue weighted by atomic mass is 9.92. The van der Waals surface area contributed by atoms with E-state index >= 15 is 0 Å². The number of rotatable bonds is 2. The van der Waals surface area contributed by atoms with Gasteiger partial charge in [0.2, 0.25) is 0 Å². The highest BCUT2D eigenvalue weighted by Crippen LogP contribution is 2.60. The van der Waals surface area contributed by atoms with Crippen molar-refractivity contribution in [2.24, 2.45) is 5.41 Å². The first-order valence-corrected chi connectivity index (χ1v) is 8.81. The van der Waals surface area contributed by atoms with Crippen molar-refractivity contribution in [3.8, 4) is 0 Å². The molecule has 0 saturated carbocycles. The van der Waals surface area contributed by atoms with E-state index < -0.39 is 8.46 Å². The molecular formula is C10H19BrOS. The zero-order valence-corrected chi connectivity index (χ0v) is 11.1. The zero-order chi connectivity index (χ0) is 10.1. The molecule has 0 N–H and O–H groups in total. The Hall–Kier alpha value is 0.500. The van der Waals surface area contributed by atoms with E-state index in [1.54, 1.807) is 0 Å². The third kappa shape index (κ3) is 3.28. The Balaban J connectivity index is 2.53. The molecule has 1 rings (SSSR count). The number of carbonyl (C=O) groups is 1. The smallest absolute Gasteiger partial charge is 0.147 e. The molecule has 13 heavy (non-hydrogen) atoms. The molecule has 1 aliphatic rings. The number of halogens is 1. The van der Waals surface area contributed by atoms with Crippen molar-refractivity contribution < 1.29 is 4.79 Å².